The minimum absolute atomic E-state index is 0.0747. The van der Waals surface area contributed by atoms with Gasteiger partial charge in [-0.3, -0.25) is 19.3 Å². The van der Waals surface area contributed by atoms with Crippen LogP contribution in [0.5, 0.6) is 0 Å². The van der Waals surface area contributed by atoms with E-state index in [1.165, 1.54) is 17.9 Å². The molecule has 3 atom stereocenters. The highest BCUT2D eigenvalue weighted by molar-refractivity contribution is 6.10. The fraction of sp³-hybridized carbons (Fsp3) is 0.419. The monoisotopic (exact) mass is 623 g/mol. The minimum atomic E-state index is -4.66. The van der Waals surface area contributed by atoms with E-state index in [0.717, 1.165) is 34.7 Å². The largest absolute Gasteiger partial charge is 0.421 e. The van der Waals surface area contributed by atoms with Gasteiger partial charge < -0.3 is 19.1 Å². The average Bonchev–Trinajstić information content (AvgIpc) is 3.73. The van der Waals surface area contributed by atoms with E-state index in [-0.39, 0.29) is 48.9 Å². The van der Waals surface area contributed by atoms with Crippen molar-refractivity contribution >= 4 is 34.9 Å². The third-order valence-electron chi connectivity index (χ3n) is 8.68. The highest BCUT2D eigenvalue weighted by Crippen LogP contribution is 2.42. The molecule has 3 aliphatic rings. The number of aromatic nitrogens is 3. The molecule has 1 aromatic carbocycles. The second-order valence-corrected chi connectivity index (χ2v) is 11.7. The predicted molar refractivity (Wildman–Crippen MR) is 157 cm³/mol. The summed E-state index contributed by atoms with van der Waals surface area (Å²) >= 11 is 0. The third-order valence-corrected chi connectivity index (χ3v) is 8.68. The molecule has 0 bridgehead atoms. The number of likely N-dealkylation sites (tertiary alicyclic amines) is 1. The number of nitrogens with zero attached hydrogens (tertiary/aromatic N) is 7. The maximum absolute atomic E-state index is 14.1. The van der Waals surface area contributed by atoms with Gasteiger partial charge >= 0.3 is 6.18 Å². The Kier molecular flexibility index (Phi) is 7.61. The van der Waals surface area contributed by atoms with Crippen LogP contribution in [0.4, 0.5) is 30.4 Å². The van der Waals surface area contributed by atoms with Gasteiger partial charge in [-0.15, -0.1) is 10.2 Å². The molecule has 0 spiro atoms. The van der Waals surface area contributed by atoms with Crippen LogP contribution in [0.3, 0.4) is 0 Å². The van der Waals surface area contributed by atoms with Gasteiger partial charge in [-0.1, -0.05) is 18.7 Å². The Labute approximate surface area is 257 Å². The van der Waals surface area contributed by atoms with Gasteiger partial charge in [-0.05, 0) is 56.5 Å². The Bertz CT molecular complexity index is 1690. The summed E-state index contributed by atoms with van der Waals surface area (Å²) in [5, 5.41) is 8.52. The van der Waals surface area contributed by atoms with Crippen LogP contribution in [0.25, 0.3) is 0 Å². The number of halogens is 3. The normalized spacial score (nSPS) is 22.0. The van der Waals surface area contributed by atoms with Crippen molar-refractivity contribution < 1.29 is 32.0 Å². The predicted octanol–water partition coefficient (Wildman–Crippen LogP) is 4.35. The number of carbonyl (C=O) groups is 3. The van der Waals surface area contributed by atoms with Gasteiger partial charge in [0.1, 0.15) is 17.9 Å². The first-order chi connectivity index (χ1) is 21.4. The number of fused-ring (bicyclic) bond motifs is 2. The summed E-state index contributed by atoms with van der Waals surface area (Å²) in [6, 6.07) is 5.75. The molecule has 5 heterocycles. The van der Waals surface area contributed by atoms with Crippen LogP contribution in [0.1, 0.15) is 53.9 Å². The fourth-order valence-corrected chi connectivity index (χ4v) is 6.68. The molecule has 3 amide bonds. The van der Waals surface area contributed by atoms with Crippen molar-refractivity contribution in [3.63, 3.8) is 0 Å². The molecule has 0 unspecified atom stereocenters. The van der Waals surface area contributed by atoms with Crippen molar-refractivity contribution in [3.05, 3.63) is 71.6 Å². The van der Waals surface area contributed by atoms with Gasteiger partial charge in [0.05, 0.1) is 23.5 Å². The summed E-state index contributed by atoms with van der Waals surface area (Å²) in [6.45, 7) is 7.78. The molecule has 2 aromatic heterocycles. The van der Waals surface area contributed by atoms with Crippen molar-refractivity contribution in [2.24, 2.45) is 5.92 Å². The van der Waals surface area contributed by atoms with Crippen LogP contribution >= 0.6 is 0 Å². The molecular formula is C31H32F3N7O4. The number of aryl methyl sites for hydroxylation is 2. The summed E-state index contributed by atoms with van der Waals surface area (Å²) in [5.74, 6) is -1.35. The first kappa shape index (κ1) is 30.3. The number of para-hydroxylation sites is 1. The number of benzene rings is 1. The lowest BCUT2D eigenvalue weighted by atomic mass is 9.95. The number of pyridine rings is 1. The van der Waals surface area contributed by atoms with E-state index >= 15 is 0 Å². The Balaban J connectivity index is 1.37. The van der Waals surface area contributed by atoms with E-state index in [0.29, 0.717) is 24.5 Å². The Morgan fingerprint density at radius 3 is 2.69 bits per heavy atom. The van der Waals surface area contributed by atoms with E-state index in [1.807, 2.05) is 17.9 Å². The second kappa shape index (κ2) is 11.3. The van der Waals surface area contributed by atoms with Gasteiger partial charge in [0, 0.05) is 38.2 Å². The summed E-state index contributed by atoms with van der Waals surface area (Å²) in [6.07, 6.45) is -2.02. The van der Waals surface area contributed by atoms with Crippen LogP contribution < -0.4 is 14.7 Å². The van der Waals surface area contributed by atoms with E-state index in [9.17, 15) is 27.6 Å². The van der Waals surface area contributed by atoms with Crippen molar-refractivity contribution in [1.82, 2.24) is 20.1 Å². The number of hydrogen-bond acceptors (Lipinski definition) is 8. The van der Waals surface area contributed by atoms with Gasteiger partial charge in [0.2, 0.25) is 29.5 Å². The highest BCUT2D eigenvalue weighted by Gasteiger charge is 2.49. The van der Waals surface area contributed by atoms with E-state index < -0.39 is 35.5 Å². The topological polar surface area (TPSA) is 116 Å². The van der Waals surface area contributed by atoms with Crippen molar-refractivity contribution in [1.29, 1.82) is 0 Å². The maximum atomic E-state index is 14.1. The van der Waals surface area contributed by atoms with E-state index in [4.69, 9.17) is 4.42 Å². The zero-order chi connectivity index (χ0) is 32.2. The number of rotatable bonds is 5. The summed E-state index contributed by atoms with van der Waals surface area (Å²) in [4.78, 5) is 50.3. The molecule has 2 fully saturated rings. The summed E-state index contributed by atoms with van der Waals surface area (Å²) in [7, 11) is 1.59. The molecule has 6 rings (SSSR count). The Morgan fingerprint density at radius 2 is 1.96 bits per heavy atom. The number of anilines is 3. The molecule has 0 radical (unpaired) electrons. The molecule has 14 heteroatoms. The Hall–Kier alpha value is -4.75. The van der Waals surface area contributed by atoms with Gasteiger partial charge in [0.25, 0.3) is 0 Å². The second-order valence-electron chi connectivity index (χ2n) is 11.7. The zero-order valence-corrected chi connectivity index (χ0v) is 25.0. The van der Waals surface area contributed by atoms with Crippen LogP contribution in [-0.2, 0) is 27.1 Å². The summed E-state index contributed by atoms with van der Waals surface area (Å²) < 4.78 is 47.2. The lowest BCUT2D eigenvalue weighted by molar-refractivity contribution is -0.137. The van der Waals surface area contributed by atoms with Crippen LogP contribution in [0, 0.1) is 19.8 Å². The smallest absolute Gasteiger partial charge is 0.416 e. The molecule has 45 heavy (non-hydrogen) atoms. The van der Waals surface area contributed by atoms with Crippen LogP contribution in [0.2, 0.25) is 0 Å². The average molecular weight is 624 g/mol. The maximum Gasteiger partial charge on any atom is 0.416 e. The van der Waals surface area contributed by atoms with E-state index in [1.54, 1.807) is 24.1 Å². The first-order valence-electron chi connectivity index (χ1n) is 14.6. The molecule has 11 nitrogen and oxygen atoms in total. The van der Waals surface area contributed by atoms with Crippen molar-refractivity contribution in [2.45, 2.75) is 57.9 Å². The molecule has 0 N–H and O–H groups in total. The van der Waals surface area contributed by atoms with Gasteiger partial charge in [-0.2, -0.15) is 13.2 Å². The zero-order valence-electron chi connectivity index (χ0n) is 25.0. The fourth-order valence-electron chi connectivity index (χ4n) is 6.68. The van der Waals surface area contributed by atoms with E-state index in [2.05, 4.69) is 21.8 Å². The van der Waals surface area contributed by atoms with Crippen molar-refractivity contribution in [2.75, 3.05) is 34.8 Å². The standard InChI is InChI=1S/C31H32F3N7O4/c1-5-25(42)40-11-7-10-22(40)29-37-36-24(45-29)16-39-15-19-13-26(43)41(23-14-20(31(32,33)34)12-18(3)35-23)28(19)30(44)38(4)21-9-6-8-17(2)27(21)39/h5-6,8-9,12,14,19,22,28H,1,7,10-11,13,15-16H2,2-4H3/t19-,22-,28+/m1/s1. The lowest BCUT2D eigenvalue weighted by Crippen LogP contribution is -2.52. The lowest BCUT2D eigenvalue weighted by Gasteiger charge is -2.39. The number of carbonyl (C=O) groups excluding carboxylic acids is 3. The van der Waals surface area contributed by atoms with Crippen LogP contribution in [0.15, 0.2) is 47.4 Å². The summed E-state index contributed by atoms with van der Waals surface area (Å²) in [5.41, 5.74) is 1.28. The molecule has 3 aromatic rings. The Morgan fingerprint density at radius 1 is 1.18 bits per heavy atom. The minimum Gasteiger partial charge on any atom is -0.421 e. The molecule has 0 aliphatic carbocycles. The number of alkyl halides is 3. The van der Waals surface area contributed by atoms with Gasteiger partial charge in [-0.25, -0.2) is 4.98 Å². The molecule has 3 aliphatic heterocycles. The molecular weight excluding hydrogens is 591 g/mol. The van der Waals surface area contributed by atoms with Gasteiger partial charge in [0.15, 0.2) is 0 Å². The van der Waals surface area contributed by atoms with Crippen molar-refractivity contribution in [3.8, 4) is 0 Å². The number of amides is 3. The number of hydrogen-bond donors (Lipinski definition) is 0. The molecule has 236 valence electrons. The highest BCUT2D eigenvalue weighted by atomic mass is 19.4. The SMILES string of the molecule is C=CC(=O)N1CCC[C@@H]1c1nnc(CN2C[C@H]3CC(=O)N(c4cc(C(F)(F)F)cc(C)n4)[C@@H]3C(=O)N(C)c3cccc(C)c32)o1. The first-order valence-corrected chi connectivity index (χ1v) is 14.6. The third kappa shape index (κ3) is 5.42. The van der Waals surface area contributed by atoms with Crippen LogP contribution in [-0.4, -0.2) is 64.0 Å². The molecule has 2 saturated heterocycles. The molecule has 0 saturated carbocycles. The quantitative estimate of drug-likeness (QED) is 0.386. The number of likely N-dealkylation sites (N-methyl/N-ethyl adjacent to an activating group) is 1.